The molecule has 0 amide bonds. The lowest BCUT2D eigenvalue weighted by molar-refractivity contribution is -0.105. The van der Waals surface area contributed by atoms with Crippen molar-refractivity contribution in [2.45, 2.75) is 35.7 Å². The number of thioether (sulfide) groups is 1. The maximum atomic E-state index is 12.4. The molecule has 0 spiro atoms. The molecule has 0 aromatic heterocycles. The van der Waals surface area contributed by atoms with Crippen molar-refractivity contribution in [3.8, 4) is 5.75 Å². The Balaban J connectivity index is 2.31. The normalized spacial score (nSPS) is 17.5. The van der Waals surface area contributed by atoms with E-state index < -0.39 is 16.8 Å². The molecule has 2 N–H and O–H groups in total. The third-order valence-electron chi connectivity index (χ3n) is 3.26. The van der Waals surface area contributed by atoms with Crippen molar-refractivity contribution in [2.24, 2.45) is 10.7 Å². The first-order chi connectivity index (χ1) is 10.1. The average Bonchev–Trinajstić information content (AvgIpc) is 3.17. The van der Waals surface area contributed by atoms with Crippen LogP contribution in [0.4, 0.5) is 18.9 Å². The van der Waals surface area contributed by atoms with Crippen LogP contribution in [0.1, 0.15) is 18.4 Å². The molecule has 0 heterocycles. The number of alkyl halides is 4. The Hall–Kier alpha value is -1.08. The average molecular weight is 353 g/mol. The van der Waals surface area contributed by atoms with Gasteiger partial charge in [0.1, 0.15) is 22.1 Å². The highest BCUT2D eigenvalue weighted by atomic mass is 35.5. The molecule has 0 saturated heterocycles. The summed E-state index contributed by atoms with van der Waals surface area (Å²) in [5.41, 5.74) is 6.96. The number of halogens is 4. The summed E-state index contributed by atoms with van der Waals surface area (Å²) >= 11 is 6.90. The molecule has 1 aromatic rings. The zero-order valence-electron chi connectivity index (χ0n) is 12.1. The Bertz CT molecular complexity index is 600. The summed E-state index contributed by atoms with van der Waals surface area (Å²) < 4.78 is 42.4. The van der Waals surface area contributed by atoms with Gasteiger partial charge in [-0.05, 0) is 37.5 Å². The number of benzene rings is 1. The van der Waals surface area contributed by atoms with Gasteiger partial charge < -0.3 is 10.5 Å². The number of nitrogens with two attached hydrogens (primary N) is 1. The van der Waals surface area contributed by atoms with Gasteiger partial charge in [0.2, 0.25) is 0 Å². The molecule has 1 saturated carbocycles. The maximum absolute atomic E-state index is 12.4. The van der Waals surface area contributed by atoms with E-state index in [-0.39, 0.29) is 5.84 Å². The molecule has 8 heteroatoms. The first-order valence-corrected chi connectivity index (χ1v) is 7.93. The first kappa shape index (κ1) is 17.3. The van der Waals surface area contributed by atoms with E-state index in [2.05, 4.69) is 4.99 Å². The van der Waals surface area contributed by atoms with Crippen LogP contribution in [0.25, 0.3) is 0 Å². The monoisotopic (exact) mass is 352 g/mol. The first-order valence-electron chi connectivity index (χ1n) is 6.56. The highest BCUT2D eigenvalue weighted by Gasteiger charge is 2.44. The maximum Gasteiger partial charge on any atom is 0.398 e. The van der Waals surface area contributed by atoms with Crippen LogP contribution in [0.15, 0.2) is 22.0 Å². The molecule has 1 fully saturated rings. The van der Waals surface area contributed by atoms with Crippen molar-refractivity contribution in [1.29, 1.82) is 0 Å². The van der Waals surface area contributed by atoms with Crippen molar-refractivity contribution >= 4 is 34.9 Å². The van der Waals surface area contributed by atoms with E-state index in [9.17, 15) is 13.2 Å². The van der Waals surface area contributed by atoms with E-state index in [0.717, 1.165) is 12.8 Å². The molecule has 1 aromatic carbocycles. The number of rotatable bonds is 5. The molecular weight excluding hydrogens is 337 g/mol. The van der Waals surface area contributed by atoms with Crippen molar-refractivity contribution in [1.82, 2.24) is 0 Å². The minimum Gasteiger partial charge on any atom is -0.494 e. The minimum atomic E-state index is -4.23. The second-order valence-corrected chi connectivity index (χ2v) is 6.90. The molecule has 3 nitrogen and oxygen atoms in total. The molecule has 1 aliphatic rings. The van der Waals surface area contributed by atoms with Crippen molar-refractivity contribution in [3.63, 3.8) is 0 Å². The summed E-state index contributed by atoms with van der Waals surface area (Å²) in [4.78, 5) is 4.13. The predicted octanol–water partition coefficient (Wildman–Crippen LogP) is 4.42. The van der Waals surface area contributed by atoms with Crippen LogP contribution in [-0.2, 0) is 0 Å². The van der Waals surface area contributed by atoms with Crippen LogP contribution in [0, 0.1) is 6.92 Å². The highest BCUT2D eigenvalue weighted by Crippen LogP contribution is 2.44. The largest absolute Gasteiger partial charge is 0.494 e. The lowest BCUT2D eigenvalue weighted by Gasteiger charge is -2.13. The SMILES string of the molecule is COc1cc(C)c(SCC(F)(F)F)cc1/N=C(\N)C1(Cl)CC1. The number of aryl methyl sites for hydroxylation is 1. The topological polar surface area (TPSA) is 47.6 Å². The van der Waals surface area contributed by atoms with Crippen LogP contribution in [0.5, 0.6) is 5.75 Å². The van der Waals surface area contributed by atoms with Gasteiger partial charge in [0.25, 0.3) is 0 Å². The Kier molecular flexibility index (Phi) is 4.87. The molecule has 122 valence electrons. The predicted molar refractivity (Wildman–Crippen MR) is 83.6 cm³/mol. The second-order valence-electron chi connectivity index (χ2n) is 5.16. The van der Waals surface area contributed by atoms with E-state index in [0.29, 0.717) is 33.7 Å². The molecule has 1 aliphatic carbocycles. The molecule has 0 atom stereocenters. The fourth-order valence-electron chi connectivity index (χ4n) is 1.81. The van der Waals surface area contributed by atoms with Crippen LogP contribution in [0.3, 0.4) is 0 Å². The number of hydrogen-bond acceptors (Lipinski definition) is 3. The summed E-state index contributed by atoms with van der Waals surface area (Å²) in [7, 11) is 1.47. The zero-order chi connectivity index (χ0) is 16.5. The third-order valence-corrected chi connectivity index (χ3v) is 5.05. The van der Waals surface area contributed by atoms with Crippen LogP contribution in [0.2, 0.25) is 0 Å². The summed E-state index contributed by atoms with van der Waals surface area (Å²) in [5.74, 6) is -0.237. The minimum absolute atomic E-state index is 0.267. The number of nitrogens with zero attached hydrogens (tertiary/aromatic N) is 1. The highest BCUT2D eigenvalue weighted by molar-refractivity contribution is 7.99. The summed E-state index contributed by atoms with van der Waals surface area (Å²) in [6.07, 6.45) is -2.74. The van der Waals surface area contributed by atoms with Gasteiger partial charge in [0, 0.05) is 4.90 Å². The molecule has 2 rings (SSSR count). The van der Waals surface area contributed by atoms with Gasteiger partial charge in [0.05, 0.1) is 12.9 Å². The van der Waals surface area contributed by atoms with Crippen molar-refractivity contribution in [3.05, 3.63) is 17.7 Å². The van der Waals surface area contributed by atoms with Gasteiger partial charge >= 0.3 is 6.18 Å². The zero-order valence-corrected chi connectivity index (χ0v) is 13.7. The Morgan fingerprint density at radius 1 is 1.45 bits per heavy atom. The molecule has 0 aliphatic heterocycles. The van der Waals surface area contributed by atoms with E-state index in [1.165, 1.54) is 7.11 Å². The summed E-state index contributed by atoms with van der Waals surface area (Å²) in [6, 6.07) is 3.21. The third kappa shape index (κ3) is 4.23. The van der Waals surface area contributed by atoms with Gasteiger partial charge in [0.15, 0.2) is 0 Å². The van der Waals surface area contributed by atoms with Crippen LogP contribution < -0.4 is 10.5 Å². The molecule has 0 unspecified atom stereocenters. The van der Waals surface area contributed by atoms with Gasteiger partial charge in [-0.25, -0.2) is 4.99 Å². The van der Waals surface area contributed by atoms with E-state index in [4.69, 9.17) is 22.1 Å². The van der Waals surface area contributed by atoms with Gasteiger partial charge in [-0.1, -0.05) is 0 Å². The number of methoxy groups -OCH3 is 1. The van der Waals surface area contributed by atoms with Crippen LogP contribution in [-0.4, -0.2) is 29.7 Å². The van der Waals surface area contributed by atoms with E-state index in [1.807, 2.05) is 0 Å². The second kappa shape index (κ2) is 6.20. The number of aliphatic imine (C=N–C) groups is 1. The Morgan fingerprint density at radius 2 is 2.09 bits per heavy atom. The summed E-state index contributed by atoms with van der Waals surface area (Å²) in [6.45, 7) is 1.72. The summed E-state index contributed by atoms with van der Waals surface area (Å²) in [5, 5.41) is 0. The molecule has 22 heavy (non-hydrogen) atoms. The van der Waals surface area contributed by atoms with Gasteiger partial charge in [-0.15, -0.1) is 23.4 Å². The molecular formula is C14H16ClF3N2OS. The molecule has 0 bridgehead atoms. The quantitative estimate of drug-likeness (QED) is 0.369. The van der Waals surface area contributed by atoms with E-state index in [1.54, 1.807) is 19.1 Å². The van der Waals surface area contributed by atoms with Crippen molar-refractivity contribution < 1.29 is 17.9 Å². The van der Waals surface area contributed by atoms with Crippen LogP contribution >= 0.6 is 23.4 Å². The number of amidine groups is 1. The Morgan fingerprint density at radius 3 is 2.59 bits per heavy atom. The van der Waals surface area contributed by atoms with Crippen molar-refractivity contribution in [2.75, 3.05) is 12.9 Å². The Labute approximate surface area is 136 Å². The lowest BCUT2D eigenvalue weighted by Crippen LogP contribution is -2.25. The number of hydrogen-bond donors (Lipinski definition) is 1. The smallest absolute Gasteiger partial charge is 0.398 e. The fraction of sp³-hybridized carbons (Fsp3) is 0.500. The lowest BCUT2D eigenvalue weighted by atomic mass is 10.2. The fourth-order valence-corrected chi connectivity index (χ4v) is 2.75. The van der Waals surface area contributed by atoms with E-state index >= 15 is 0 Å². The molecule has 0 radical (unpaired) electrons. The van der Waals surface area contributed by atoms with Gasteiger partial charge in [-0.3, -0.25) is 0 Å². The standard InChI is InChI=1S/C14H16ClF3N2OS/c1-8-5-10(21-2)9(20-12(19)13(15)3-4-13)6-11(8)22-7-14(16,17)18/h5-6H,3-4,7H2,1-2H3,(H2,19,20). The van der Waals surface area contributed by atoms with Gasteiger partial charge in [-0.2, -0.15) is 13.2 Å². The number of ether oxygens (including phenoxy) is 1.